The number of rotatable bonds is 7. The van der Waals surface area contributed by atoms with Crippen LogP contribution in [0.1, 0.15) is 95.5 Å². The summed E-state index contributed by atoms with van der Waals surface area (Å²) in [7, 11) is 0. The maximum absolute atomic E-state index is 13.5. The van der Waals surface area contributed by atoms with E-state index in [4.69, 9.17) is 0 Å². The molecule has 0 radical (unpaired) electrons. The van der Waals surface area contributed by atoms with Crippen LogP contribution in [0.4, 0.5) is 13.2 Å². The largest absolute Gasteiger partial charge is 0.204 e. The molecule has 0 nitrogen and oxygen atoms in total. The number of halogens is 3. The first-order valence-corrected chi connectivity index (χ1v) is 11.3. The molecule has 1 aromatic rings. The fourth-order valence-electron chi connectivity index (χ4n) is 5.54. The van der Waals surface area contributed by atoms with Gasteiger partial charge < -0.3 is 0 Å². The highest BCUT2D eigenvalue weighted by molar-refractivity contribution is 5.23. The summed E-state index contributed by atoms with van der Waals surface area (Å²) < 4.78 is 40.3. The van der Waals surface area contributed by atoms with Crippen molar-refractivity contribution in [3.05, 3.63) is 47.3 Å². The second-order valence-corrected chi connectivity index (χ2v) is 9.04. The van der Waals surface area contributed by atoms with Crippen molar-refractivity contribution in [1.82, 2.24) is 0 Å². The number of allylic oxidation sites excluding steroid dienone is 2. The molecule has 1 aromatic carbocycles. The lowest BCUT2D eigenvalue weighted by atomic mass is 9.68. The fraction of sp³-hybridized carbons (Fsp3) is 0.680. The standard InChI is InChI=1S/C25H35F3/c1-2-3-4-5-6-7-18-8-10-19(11-9-18)20-12-14-21(15-13-20)22-16-23(26)25(28)24(27)17-22/h2-3,16-21H,4-15H2,1H3/b3-2+/t18-,19-,20-,21-. The van der Waals surface area contributed by atoms with Crippen LogP contribution in [0.5, 0.6) is 0 Å². The lowest BCUT2D eigenvalue weighted by molar-refractivity contribution is 0.155. The van der Waals surface area contributed by atoms with Crippen LogP contribution in [0.15, 0.2) is 24.3 Å². The molecule has 28 heavy (non-hydrogen) atoms. The molecule has 3 rings (SSSR count). The molecular weight excluding hydrogens is 357 g/mol. The average molecular weight is 393 g/mol. The van der Waals surface area contributed by atoms with Gasteiger partial charge in [-0.05, 0) is 99.7 Å². The van der Waals surface area contributed by atoms with Gasteiger partial charge >= 0.3 is 0 Å². The minimum atomic E-state index is -1.35. The smallest absolute Gasteiger partial charge is 0.194 e. The highest BCUT2D eigenvalue weighted by Gasteiger charge is 2.31. The van der Waals surface area contributed by atoms with Gasteiger partial charge in [0.2, 0.25) is 0 Å². The van der Waals surface area contributed by atoms with Crippen molar-refractivity contribution in [3.8, 4) is 0 Å². The van der Waals surface area contributed by atoms with E-state index >= 15 is 0 Å². The van der Waals surface area contributed by atoms with Gasteiger partial charge in [-0.2, -0.15) is 0 Å². The molecule has 2 aliphatic carbocycles. The van der Waals surface area contributed by atoms with E-state index in [2.05, 4.69) is 19.1 Å². The highest BCUT2D eigenvalue weighted by atomic mass is 19.2. The number of unbranched alkanes of at least 4 members (excludes halogenated alkanes) is 2. The van der Waals surface area contributed by atoms with E-state index in [0.29, 0.717) is 5.56 Å². The van der Waals surface area contributed by atoms with Gasteiger partial charge in [-0.25, -0.2) is 13.2 Å². The molecule has 0 unspecified atom stereocenters. The molecule has 0 amide bonds. The Balaban J connectivity index is 1.40. The quantitative estimate of drug-likeness (QED) is 0.248. The third-order valence-corrected chi connectivity index (χ3v) is 7.28. The van der Waals surface area contributed by atoms with E-state index in [1.807, 2.05) is 0 Å². The average Bonchev–Trinajstić information content (AvgIpc) is 2.72. The van der Waals surface area contributed by atoms with Crippen molar-refractivity contribution in [2.75, 3.05) is 0 Å². The summed E-state index contributed by atoms with van der Waals surface area (Å²) in [5, 5.41) is 0. The van der Waals surface area contributed by atoms with E-state index < -0.39 is 17.5 Å². The Hall–Kier alpha value is -1.25. The molecule has 3 heteroatoms. The van der Waals surface area contributed by atoms with Gasteiger partial charge in [0.25, 0.3) is 0 Å². The monoisotopic (exact) mass is 392 g/mol. The Bertz CT molecular complexity index is 612. The van der Waals surface area contributed by atoms with Gasteiger partial charge in [0.1, 0.15) is 0 Å². The topological polar surface area (TPSA) is 0 Å². The minimum absolute atomic E-state index is 0.175. The van der Waals surface area contributed by atoms with E-state index in [1.54, 1.807) is 0 Å². The maximum atomic E-state index is 13.5. The lowest BCUT2D eigenvalue weighted by Crippen LogP contribution is -2.25. The summed E-state index contributed by atoms with van der Waals surface area (Å²) in [6, 6.07) is 2.40. The zero-order valence-electron chi connectivity index (χ0n) is 17.2. The van der Waals surface area contributed by atoms with E-state index in [1.165, 1.54) is 63.5 Å². The van der Waals surface area contributed by atoms with Crippen LogP contribution in [0.2, 0.25) is 0 Å². The van der Waals surface area contributed by atoms with Crippen LogP contribution in [-0.4, -0.2) is 0 Å². The Kier molecular flexibility index (Phi) is 8.05. The van der Waals surface area contributed by atoms with Crippen LogP contribution in [-0.2, 0) is 0 Å². The highest BCUT2D eigenvalue weighted by Crippen LogP contribution is 2.44. The molecule has 0 spiro atoms. The van der Waals surface area contributed by atoms with Crippen molar-refractivity contribution < 1.29 is 13.2 Å². The Labute approximate surface area is 168 Å². The normalized spacial score (nSPS) is 28.7. The van der Waals surface area contributed by atoms with Crippen molar-refractivity contribution in [2.24, 2.45) is 17.8 Å². The van der Waals surface area contributed by atoms with Gasteiger partial charge in [-0.3, -0.25) is 0 Å². The lowest BCUT2D eigenvalue weighted by Gasteiger charge is -2.38. The molecule has 2 aliphatic rings. The molecule has 0 heterocycles. The van der Waals surface area contributed by atoms with Crippen molar-refractivity contribution in [3.63, 3.8) is 0 Å². The zero-order valence-corrected chi connectivity index (χ0v) is 17.2. The first kappa shape index (κ1) is 21.5. The summed E-state index contributed by atoms with van der Waals surface area (Å²) in [6.07, 6.45) is 19.4. The summed E-state index contributed by atoms with van der Waals surface area (Å²) in [5.74, 6) is -0.764. The van der Waals surface area contributed by atoms with Gasteiger partial charge in [-0.1, -0.05) is 37.8 Å². The van der Waals surface area contributed by atoms with E-state index in [9.17, 15) is 13.2 Å². The molecular formula is C25H35F3. The predicted octanol–water partition coefficient (Wildman–Crippen LogP) is 8.32. The molecule has 156 valence electrons. The second kappa shape index (κ2) is 10.5. The van der Waals surface area contributed by atoms with E-state index in [-0.39, 0.29) is 5.92 Å². The van der Waals surface area contributed by atoms with Gasteiger partial charge in [0.15, 0.2) is 17.5 Å². The Morgan fingerprint density at radius 3 is 1.96 bits per heavy atom. The molecule has 0 N–H and O–H groups in total. The second-order valence-electron chi connectivity index (χ2n) is 9.04. The molecule has 0 saturated heterocycles. The van der Waals surface area contributed by atoms with Crippen LogP contribution >= 0.6 is 0 Å². The van der Waals surface area contributed by atoms with Crippen molar-refractivity contribution in [1.29, 1.82) is 0 Å². The molecule has 2 fully saturated rings. The van der Waals surface area contributed by atoms with Crippen molar-refractivity contribution in [2.45, 2.75) is 89.9 Å². The fourth-order valence-corrected chi connectivity index (χ4v) is 5.54. The predicted molar refractivity (Wildman–Crippen MR) is 110 cm³/mol. The van der Waals surface area contributed by atoms with Crippen LogP contribution in [0.25, 0.3) is 0 Å². The van der Waals surface area contributed by atoms with Crippen LogP contribution in [0, 0.1) is 35.2 Å². The molecule has 0 atom stereocenters. The first-order valence-electron chi connectivity index (χ1n) is 11.3. The zero-order chi connectivity index (χ0) is 19.9. The molecule has 0 bridgehead atoms. The summed E-state index contributed by atoms with van der Waals surface area (Å²) in [4.78, 5) is 0. The third-order valence-electron chi connectivity index (χ3n) is 7.28. The summed E-state index contributed by atoms with van der Waals surface area (Å²) >= 11 is 0. The molecule has 2 saturated carbocycles. The summed E-state index contributed by atoms with van der Waals surface area (Å²) in [6.45, 7) is 2.09. The van der Waals surface area contributed by atoms with Gasteiger partial charge in [0, 0.05) is 0 Å². The third kappa shape index (κ3) is 5.64. The van der Waals surface area contributed by atoms with Gasteiger partial charge in [-0.15, -0.1) is 0 Å². The van der Waals surface area contributed by atoms with Gasteiger partial charge in [0.05, 0.1) is 0 Å². The van der Waals surface area contributed by atoms with Crippen LogP contribution < -0.4 is 0 Å². The van der Waals surface area contributed by atoms with Crippen molar-refractivity contribution >= 4 is 0 Å². The molecule has 0 aromatic heterocycles. The Morgan fingerprint density at radius 2 is 1.39 bits per heavy atom. The summed E-state index contributed by atoms with van der Waals surface area (Å²) in [5.41, 5.74) is 0.636. The van der Waals surface area contributed by atoms with E-state index in [0.717, 1.165) is 43.4 Å². The number of hydrogen-bond acceptors (Lipinski definition) is 0. The van der Waals surface area contributed by atoms with Crippen LogP contribution in [0.3, 0.4) is 0 Å². The maximum Gasteiger partial charge on any atom is 0.194 e. The Morgan fingerprint density at radius 1 is 0.821 bits per heavy atom. The SMILES string of the molecule is C/C=C/CCCC[C@H]1CC[C@H]([C@H]2CC[C@H](c3cc(F)c(F)c(F)c3)CC2)CC1. The molecule has 0 aliphatic heterocycles. The number of hydrogen-bond donors (Lipinski definition) is 0. The minimum Gasteiger partial charge on any atom is -0.204 e. The first-order chi connectivity index (χ1) is 13.6. The number of benzene rings is 1.